The number of hydrogen-bond donors (Lipinski definition) is 2. The third-order valence-corrected chi connectivity index (χ3v) is 2.92. The highest BCUT2D eigenvalue weighted by molar-refractivity contribution is 9.10. The van der Waals surface area contributed by atoms with Crippen molar-refractivity contribution in [3.63, 3.8) is 0 Å². The molecule has 0 radical (unpaired) electrons. The predicted molar refractivity (Wildman–Crippen MR) is 67.9 cm³/mol. The lowest BCUT2D eigenvalue weighted by Gasteiger charge is -2.15. The summed E-state index contributed by atoms with van der Waals surface area (Å²) < 4.78 is 14.0. The first-order valence-electron chi connectivity index (χ1n) is 5.41. The molecule has 0 aliphatic heterocycles. The average molecular weight is 318 g/mol. The van der Waals surface area contributed by atoms with Gasteiger partial charge in [0.25, 0.3) is 5.91 Å². The molecule has 1 amide bonds. The Labute approximate surface area is 112 Å². The first-order valence-corrected chi connectivity index (χ1v) is 6.21. The van der Waals surface area contributed by atoms with E-state index in [0.29, 0.717) is 10.9 Å². The zero-order valence-corrected chi connectivity index (χ0v) is 11.3. The van der Waals surface area contributed by atoms with E-state index in [9.17, 15) is 14.0 Å². The molecule has 6 heteroatoms. The van der Waals surface area contributed by atoms with Gasteiger partial charge in [-0.15, -0.1) is 0 Å². The Balaban J connectivity index is 2.77. The van der Waals surface area contributed by atoms with E-state index in [-0.39, 0.29) is 12.0 Å². The molecule has 0 aliphatic carbocycles. The molecule has 0 aromatic heterocycles. The molecular formula is C12H13BrFNO3. The summed E-state index contributed by atoms with van der Waals surface area (Å²) in [7, 11) is 0. The largest absolute Gasteiger partial charge is 0.481 e. The van der Waals surface area contributed by atoms with Gasteiger partial charge in [-0.3, -0.25) is 9.59 Å². The van der Waals surface area contributed by atoms with Gasteiger partial charge in [0, 0.05) is 10.5 Å². The number of carboxylic acid groups (broad SMARTS) is 1. The monoisotopic (exact) mass is 317 g/mol. The third kappa shape index (κ3) is 4.10. The van der Waals surface area contributed by atoms with Crippen LogP contribution in [-0.4, -0.2) is 23.0 Å². The maximum absolute atomic E-state index is 13.5. The van der Waals surface area contributed by atoms with Gasteiger partial charge in [0.2, 0.25) is 0 Å². The minimum Gasteiger partial charge on any atom is -0.481 e. The predicted octanol–water partition coefficient (Wildman–Crippen LogP) is 2.57. The fraction of sp³-hybridized carbons (Fsp3) is 0.333. The molecule has 1 atom stereocenters. The SMILES string of the molecule is CCC(CC(=O)O)NC(=O)c1ccc(Br)cc1F. The van der Waals surface area contributed by atoms with E-state index >= 15 is 0 Å². The molecule has 1 rings (SSSR count). The number of rotatable bonds is 5. The van der Waals surface area contributed by atoms with Crippen LogP contribution in [0.3, 0.4) is 0 Å². The van der Waals surface area contributed by atoms with Crippen molar-refractivity contribution in [2.75, 3.05) is 0 Å². The maximum Gasteiger partial charge on any atom is 0.305 e. The first-order chi connectivity index (χ1) is 8.43. The maximum atomic E-state index is 13.5. The van der Waals surface area contributed by atoms with Gasteiger partial charge in [-0.05, 0) is 24.6 Å². The van der Waals surface area contributed by atoms with Crippen LogP contribution in [0.5, 0.6) is 0 Å². The van der Waals surface area contributed by atoms with Gasteiger partial charge in [-0.1, -0.05) is 22.9 Å². The van der Waals surface area contributed by atoms with Crippen LogP contribution < -0.4 is 5.32 Å². The molecule has 0 heterocycles. The van der Waals surface area contributed by atoms with Crippen LogP contribution in [0, 0.1) is 5.82 Å². The van der Waals surface area contributed by atoms with Crippen LogP contribution in [0.4, 0.5) is 4.39 Å². The number of aliphatic carboxylic acids is 1. The lowest BCUT2D eigenvalue weighted by molar-refractivity contribution is -0.137. The number of carbonyl (C=O) groups excluding carboxylic acids is 1. The second kappa shape index (κ2) is 6.49. The molecule has 2 N–H and O–H groups in total. The highest BCUT2D eigenvalue weighted by atomic mass is 79.9. The fourth-order valence-electron chi connectivity index (χ4n) is 1.44. The molecule has 0 spiro atoms. The number of nitrogens with one attached hydrogen (secondary N) is 1. The summed E-state index contributed by atoms with van der Waals surface area (Å²) in [5, 5.41) is 11.2. The number of hydrogen-bond acceptors (Lipinski definition) is 2. The minimum atomic E-state index is -1.00. The Bertz CT molecular complexity index is 465. The van der Waals surface area contributed by atoms with E-state index < -0.39 is 23.7 Å². The first kappa shape index (κ1) is 14.6. The number of halogens is 2. The van der Waals surface area contributed by atoms with Gasteiger partial charge in [0.15, 0.2) is 0 Å². The smallest absolute Gasteiger partial charge is 0.305 e. The quantitative estimate of drug-likeness (QED) is 0.877. The Hall–Kier alpha value is -1.43. The Morgan fingerprint density at radius 2 is 2.17 bits per heavy atom. The van der Waals surface area contributed by atoms with Crippen molar-refractivity contribution in [2.24, 2.45) is 0 Å². The summed E-state index contributed by atoms with van der Waals surface area (Å²) in [5.41, 5.74) is -0.0953. The van der Waals surface area contributed by atoms with E-state index in [0.717, 1.165) is 0 Å². The van der Waals surface area contributed by atoms with Crippen molar-refractivity contribution in [3.8, 4) is 0 Å². The zero-order valence-electron chi connectivity index (χ0n) is 9.74. The van der Waals surface area contributed by atoms with Gasteiger partial charge in [0.1, 0.15) is 5.82 Å². The molecular weight excluding hydrogens is 305 g/mol. The Morgan fingerprint density at radius 3 is 2.67 bits per heavy atom. The standard InChI is InChI=1S/C12H13BrFNO3/c1-2-8(6-11(16)17)15-12(18)9-4-3-7(13)5-10(9)14/h3-5,8H,2,6H2,1H3,(H,15,18)(H,16,17). The summed E-state index contributed by atoms with van der Waals surface area (Å²) in [6.07, 6.45) is 0.288. The van der Waals surface area contributed by atoms with E-state index in [2.05, 4.69) is 21.2 Å². The van der Waals surface area contributed by atoms with Crippen LogP contribution >= 0.6 is 15.9 Å². The van der Waals surface area contributed by atoms with E-state index in [1.165, 1.54) is 12.1 Å². The molecule has 1 aromatic carbocycles. The number of benzene rings is 1. The van der Waals surface area contributed by atoms with Gasteiger partial charge in [-0.2, -0.15) is 0 Å². The zero-order chi connectivity index (χ0) is 13.7. The summed E-state index contributed by atoms with van der Waals surface area (Å²) >= 11 is 3.09. The van der Waals surface area contributed by atoms with E-state index in [1.807, 2.05) is 0 Å². The molecule has 98 valence electrons. The second-order valence-electron chi connectivity index (χ2n) is 3.80. The summed E-state index contributed by atoms with van der Waals surface area (Å²) in [4.78, 5) is 22.3. The van der Waals surface area contributed by atoms with Gasteiger partial charge in [0.05, 0.1) is 12.0 Å². The fourth-order valence-corrected chi connectivity index (χ4v) is 1.78. The normalized spacial score (nSPS) is 11.9. The average Bonchev–Trinajstić information content (AvgIpc) is 2.27. The number of carbonyl (C=O) groups is 2. The highest BCUT2D eigenvalue weighted by Crippen LogP contribution is 2.15. The third-order valence-electron chi connectivity index (χ3n) is 2.42. The van der Waals surface area contributed by atoms with Crippen LogP contribution in [0.2, 0.25) is 0 Å². The van der Waals surface area contributed by atoms with Gasteiger partial charge < -0.3 is 10.4 Å². The van der Waals surface area contributed by atoms with Crippen molar-refractivity contribution in [1.82, 2.24) is 5.32 Å². The van der Waals surface area contributed by atoms with Crippen LogP contribution in [0.15, 0.2) is 22.7 Å². The topological polar surface area (TPSA) is 66.4 Å². The van der Waals surface area contributed by atoms with Crippen LogP contribution in [-0.2, 0) is 4.79 Å². The molecule has 0 saturated carbocycles. The lowest BCUT2D eigenvalue weighted by atomic mass is 10.1. The molecule has 1 unspecified atom stereocenters. The minimum absolute atomic E-state index is 0.0953. The van der Waals surface area contributed by atoms with Crippen molar-refractivity contribution in [1.29, 1.82) is 0 Å². The lowest BCUT2D eigenvalue weighted by Crippen LogP contribution is -2.36. The molecule has 0 aliphatic rings. The van der Waals surface area contributed by atoms with Crippen LogP contribution in [0.1, 0.15) is 30.1 Å². The van der Waals surface area contributed by atoms with Crippen molar-refractivity contribution in [3.05, 3.63) is 34.1 Å². The van der Waals surface area contributed by atoms with Crippen molar-refractivity contribution in [2.45, 2.75) is 25.8 Å². The van der Waals surface area contributed by atoms with Crippen molar-refractivity contribution < 1.29 is 19.1 Å². The molecule has 0 bridgehead atoms. The Kier molecular flexibility index (Phi) is 5.27. The Morgan fingerprint density at radius 1 is 1.50 bits per heavy atom. The van der Waals surface area contributed by atoms with E-state index in [1.54, 1.807) is 13.0 Å². The van der Waals surface area contributed by atoms with Gasteiger partial charge in [-0.25, -0.2) is 4.39 Å². The number of carboxylic acids is 1. The summed E-state index contributed by atoms with van der Waals surface area (Å²) in [6.45, 7) is 1.76. The van der Waals surface area contributed by atoms with Crippen molar-refractivity contribution >= 4 is 27.8 Å². The molecule has 4 nitrogen and oxygen atoms in total. The summed E-state index contributed by atoms with van der Waals surface area (Å²) in [6, 6.07) is 3.59. The molecule has 18 heavy (non-hydrogen) atoms. The molecule has 0 fully saturated rings. The van der Waals surface area contributed by atoms with Crippen LogP contribution in [0.25, 0.3) is 0 Å². The second-order valence-corrected chi connectivity index (χ2v) is 4.72. The molecule has 0 saturated heterocycles. The van der Waals surface area contributed by atoms with E-state index in [4.69, 9.17) is 5.11 Å². The highest BCUT2D eigenvalue weighted by Gasteiger charge is 2.17. The van der Waals surface area contributed by atoms with Gasteiger partial charge >= 0.3 is 5.97 Å². The number of amides is 1. The molecule has 1 aromatic rings. The summed E-state index contributed by atoms with van der Waals surface area (Å²) in [5.74, 6) is -2.25.